The minimum absolute atomic E-state index is 0.00800. The Bertz CT molecular complexity index is 743. The highest BCUT2D eigenvalue weighted by Crippen LogP contribution is 2.37. The van der Waals surface area contributed by atoms with Gasteiger partial charge in [-0.2, -0.15) is 0 Å². The van der Waals surface area contributed by atoms with E-state index in [0.717, 1.165) is 9.78 Å². The molecule has 0 aliphatic carbocycles. The molecule has 1 N–H and O–H groups in total. The molecule has 2 amide bonds. The Morgan fingerprint density at radius 1 is 1.19 bits per heavy atom. The van der Waals surface area contributed by atoms with Gasteiger partial charge in [-0.05, 0) is 24.6 Å². The zero-order valence-corrected chi connectivity index (χ0v) is 11.9. The molecule has 21 heavy (non-hydrogen) atoms. The zero-order chi connectivity index (χ0) is 15.1. The Hall–Kier alpha value is -2.47. The molecule has 0 fully saturated rings. The summed E-state index contributed by atoms with van der Waals surface area (Å²) < 4.78 is 0. The maximum absolute atomic E-state index is 12.4. The normalized spacial score (nSPS) is 13.7. The van der Waals surface area contributed by atoms with Crippen LogP contribution in [0, 0.1) is 0 Å². The van der Waals surface area contributed by atoms with E-state index in [2.05, 4.69) is 0 Å². The maximum atomic E-state index is 12.4. The average molecular weight is 301 g/mol. The summed E-state index contributed by atoms with van der Waals surface area (Å²) in [6.45, 7) is 1.89. The van der Waals surface area contributed by atoms with Gasteiger partial charge < -0.3 is 5.11 Å². The fraction of sp³-hybridized carbons (Fsp3) is 0.133. The third-order valence-electron chi connectivity index (χ3n) is 3.34. The van der Waals surface area contributed by atoms with Gasteiger partial charge >= 0.3 is 5.97 Å². The molecule has 2 heterocycles. The number of aryl methyl sites for hydroxylation is 1. The molecule has 0 bridgehead atoms. The molecule has 2 aromatic rings. The topological polar surface area (TPSA) is 74.7 Å². The molecule has 6 heteroatoms. The molecule has 0 saturated carbocycles. The largest absolute Gasteiger partial charge is 0.478 e. The lowest BCUT2D eigenvalue weighted by Gasteiger charge is -2.12. The van der Waals surface area contributed by atoms with Crippen LogP contribution in [-0.4, -0.2) is 22.9 Å². The number of nitrogens with zero attached hydrogens (tertiary/aromatic N) is 1. The fourth-order valence-corrected chi connectivity index (χ4v) is 3.38. The van der Waals surface area contributed by atoms with E-state index in [1.165, 1.54) is 17.4 Å². The highest BCUT2D eigenvalue weighted by molar-refractivity contribution is 7.17. The highest BCUT2D eigenvalue weighted by atomic mass is 32.1. The van der Waals surface area contributed by atoms with Crippen molar-refractivity contribution >= 4 is 34.1 Å². The first kappa shape index (κ1) is 13.5. The summed E-state index contributed by atoms with van der Waals surface area (Å²) in [6, 6.07) is 8.02. The molecule has 0 unspecified atom stereocenters. The number of carbonyl (C=O) groups excluding carboxylic acids is 2. The standard InChI is InChI=1S/C15H11NO4S/c1-2-8-7-11(15(19)20)14(21-8)16-12(17)9-5-3-4-6-10(9)13(16)18/h3-7H,2H2,1H3,(H,19,20). The molecular weight excluding hydrogens is 290 g/mol. The van der Waals surface area contributed by atoms with Crippen LogP contribution < -0.4 is 4.90 Å². The molecule has 0 radical (unpaired) electrons. The van der Waals surface area contributed by atoms with Crippen LogP contribution in [0.1, 0.15) is 42.9 Å². The van der Waals surface area contributed by atoms with E-state index in [0.29, 0.717) is 17.5 Å². The summed E-state index contributed by atoms with van der Waals surface area (Å²) in [5.74, 6) is -2.08. The van der Waals surface area contributed by atoms with Gasteiger partial charge in [-0.25, -0.2) is 9.69 Å². The third-order valence-corrected chi connectivity index (χ3v) is 4.60. The van der Waals surface area contributed by atoms with Crippen molar-refractivity contribution < 1.29 is 19.5 Å². The van der Waals surface area contributed by atoms with Crippen LogP contribution in [-0.2, 0) is 6.42 Å². The summed E-state index contributed by atoms with van der Waals surface area (Å²) in [4.78, 5) is 37.9. The van der Waals surface area contributed by atoms with Crippen LogP contribution >= 0.6 is 11.3 Å². The quantitative estimate of drug-likeness (QED) is 0.885. The van der Waals surface area contributed by atoms with Crippen LogP contribution in [0.5, 0.6) is 0 Å². The van der Waals surface area contributed by atoms with Gasteiger partial charge in [-0.15, -0.1) is 11.3 Å². The first-order valence-corrected chi connectivity index (χ1v) is 7.20. The molecule has 1 aromatic heterocycles. The van der Waals surface area contributed by atoms with E-state index < -0.39 is 17.8 Å². The predicted molar refractivity (Wildman–Crippen MR) is 78.2 cm³/mol. The van der Waals surface area contributed by atoms with Crippen LogP contribution in [0.15, 0.2) is 30.3 Å². The van der Waals surface area contributed by atoms with E-state index >= 15 is 0 Å². The monoisotopic (exact) mass is 301 g/mol. The number of carboxylic acid groups (broad SMARTS) is 1. The number of amides is 2. The molecule has 0 atom stereocenters. The minimum atomic E-state index is -1.14. The number of imide groups is 1. The molecule has 3 rings (SSSR count). The van der Waals surface area contributed by atoms with Crippen molar-refractivity contribution in [2.24, 2.45) is 0 Å². The van der Waals surface area contributed by atoms with Gasteiger partial charge in [0, 0.05) is 4.88 Å². The predicted octanol–water partition coefficient (Wildman–Crippen LogP) is 2.81. The van der Waals surface area contributed by atoms with Crippen molar-refractivity contribution in [3.63, 3.8) is 0 Å². The lowest BCUT2D eigenvalue weighted by molar-refractivity contribution is 0.0698. The minimum Gasteiger partial charge on any atom is -0.478 e. The van der Waals surface area contributed by atoms with E-state index in [-0.39, 0.29) is 10.6 Å². The Morgan fingerprint density at radius 2 is 1.76 bits per heavy atom. The van der Waals surface area contributed by atoms with Gasteiger partial charge in [0.25, 0.3) is 11.8 Å². The number of hydrogen-bond donors (Lipinski definition) is 1. The zero-order valence-electron chi connectivity index (χ0n) is 11.1. The van der Waals surface area contributed by atoms with Gasteiger partial charge in [-0.3, -0.25) is 9.59 Å². The fourth-order valence-electron chi connectivity index (χ4n) is 2.30. The first-order chi connectivity index (χ1) is 10.0. The summed E-state index contributed by atoms with van der Waals surface area (Å²) >= 11 is 1.17. The summed E-state index contributed by atoms with van der Waals surface area (Å²) in [6.07, 6.45) is 0.647. The lowest BCUT2D eigenvalue weighted by Crippen LogP contribution is -2.29. The Kier molecular flexibility index (Phi) is 3.10. The molecule has 0 spiro atoms. The van der Waals surface area contributed by atoms with Gasteiger partial charge in [0.05, 0.1) is 16.7 Å². The summed E-state index contributed by atoms with van der Waals surface area (Å²) in [5.41, 5.74) is 0.613. The average Bonchev–Trinajstić information content (AvgIpc) is 3.00. The smallest absolute Gasteiger partial charge is 0.338 e. The number of aromatic carboxylic acids is 1. The van der Waals surface area contributed by atoms with Crippen molar-refractivity contribution in [2.45, 2.75) is 13.3 Å². The van der Waals surface area contributed by atoms with E-state index in [4.69, 9.17) is 0 Å². The number of hydrogen-bond acceptors (Lipinski definition) is 4. The molecule has 1 aromatic carbocycles. The van der Waals surface area contributed by atoms with Crippen LogP contribution in [0.4, 0.5) is 5.00 Å². The summed E-state index contributed by atoms with van der Waals surface area (Å²) in [5, 5.41) is 9.47. The molecule has 0 saturated heterocycles. The van der Waals surface area contributed by atoms with Crippen molar-refractivity contribution in [1.29, 1.82) is 0 Å². The van der Waals surface area contributed by atoms with E-state index in [1.807, 2.05) is 6.92 Å². The van der Waals surface area contributed by atoms with Crippen LogP contribution in [0.2, 0.25) is 0 Å². The number of benzene rings is 1. The van der Waals surface area contributed by atoms with Crippen LogP contribution in [0.3, 0.4) is 0 Å². The third kappa shape index (κ3) is 1.95. The number of fused-ring (bicyclic) bond motifs is 1. The highest BCUT2D eigenvalue weighted by Gasteiger charge is 2.39. The van der Waals surface area contributed by atoms with Gasteiger partial charge in [0.15, 0.2) is 0 Å². The lowest BCUT2D eigenvalue weighted by atomic mass is 10.1. The number of carbonyl (C=O) groups is 3. The van der Waals surface area contributed by atoms with E-state index in [1.54, 1.807) is 24.3 Å². The Labute approximate surface area is 124 Å². The van der Waals surface area contributed by atoms with Crippen molar-refractivity contribution in [3.8, 4) is 0 Å². The first-order valence-electron chi connectivity index (χ1n) is 6.38. The second-order valence-electron chi connectivity index (χ2n) is 4.58. The number of anilines is 1. The number of rotatable bonds is 3. The van der Waals surface area contributed by atoms with Gasteiger partial charge in [-0.1, -0.05) is 19.1 Å². The molecule has 5 nitrogen and oxygen atoms in total. The summed E-state index contributed by atoms with van der Waals surface area (Å²) in [7, 11) is 0. The maximum Gasteiger partial charge on any atom is 0.338 e. The number of carboxylic acids is 1. The molecule has 106 valence electrons. The van der Waals surface area contributed by atoms with Gasteiger partial charge in [0.1, 0.15) is 5.00 Å². The molecule has 1 aliphatic heterocycles. The SMILES string of the molecule is CCc1cc(C(=O)O)c(N2C(=O)c3ccccc3C2=O)s1. The Balaban J connectivity index is 2.15. The van der Waals surface area contributed by atoms with E-state index in [9.17, 15) is 19.5 Å². The van der Waals surface area contributed by atoms with Crippen molar-refractivity contribution in [3.05, 3.63) is 51.9 Å². The van der Waals surface area contributed by atoms with Crippen molar-refractivity contribution in [1.82, 2.24) is 0 Å². The Morgan fingerprint density at radius 3 is 2.24 bits per heavy atom. The van der Waals surface area contributed by atoms with Crippen molar-refractivity contribution in [2.75, 3.05) is 4.90 Å². The second-order valence-corrected chi connectivity index (χ2v) is 5.70. The molecule has 1 aliphatic rings. The molecular formula is C15H11NO4S. The second kappa shape index (κ2) is 4.82. The number of thiophene rings is 1. The van der Waals surface area contributed by atoms with Gasteiger partial charge in [0.2, 0.25) is 0 Å². The van der Waals surface area contributed by atoms with Crippen LogP contribution in [0.25, 0.3) is 0 Å².